The van der Waals surface area contributed by atoms with E-state index >= 15 is 0 Å². The van der Waals surface area contributed by atoms with Gasteiger partial charge < -0.3 is 10.1 Å². The van der Waals surface area contributed by atoms with Crippen LogP contribution in [0.1, 0.15) is 23.6 Å². The number of aryl methyl sites for hydroxylation is 2. The van der Waals surface area contributed by atoms with Crippen molar-refractivity contribution in [1.29, 1.82) is 0 Å². The number of benzene rings is 2. The first-order chi connectivity index (χ1) is 11.2. The smallest absolute Gasteiger partial charge is 0.418 e. The van der Waals surface area contributed by atoms with Crippen LogP contribution < -0.4 is 10.1 Å². The van der Waals surface area contributed by atoms with Crippen molar-refractivity contribution in [1.82, 2.24) is 0 Å². The van der Waals surface area contributed by atoms with Crippen LogP contribution in [-0.2, 0) is 11.0 Å². The molecule has 1 amide bonds. The summed E-state index contributed by atoms with van der Waals surface area (Å²) in [5.74, 6) is -0.126. The van der Waals surface area contributed by atoms with Gasteiger partial charge in [-0.3, -0.25) is 4.79 Å². The van der Waals surface area contributed by atoms with Gasteiger partial charge in [0.15, 0.2) is 6.10 Å². The van der Waals surface area contributed by atoms with Crippen LogP contribution in [0.15, 0.2) is 42.5 Å². The summed E-state index contributed by atoms with van der Waals surface area (Å²) in [4.78, 5) is 12.2. The average molecular weight is 337 g/mol. The number of alkyl halides is 3. The maximum Gasteiger partial charge on any atom is 0.418 e. The highest BCUT2D eigenvalue weighted by Gasteiger charge is 2.34. The predicted octanol–water partition coefficient (Wildman–Crippen LogP) is 4.73. The second kappa shape index (κ2) is 6.95. The molecule has 2 aromatic carbocycles. The summed E-state index contributed by atoms with van der Waals surface area (Å²) in [6, 6.07) is 10.3. The van der Waals surface area contributed by atoms with Crippen molar-refractivity contribution in [2.75, 3.05) is 5.32 Å². The summed E-state index contributed by atoms with van der Waals surface area (Å²) in [6.45, 7) is 5.26. The molecule has 1 atom stereocenters. The average Bonchev–Trinajstić information content (AvgIpc) is 2.49. The summed E-state index contributed by atoms with van der Waals surface area (Å²) in [5, 5.41) is 2.28. The Bertz CT molecular complexity index is 741. The fourth-order valence-electron chi connectivity index (χ4n) is 2.25. The molecule has 3 nitrogen and oxygen atoms in total. The number of anilines is 1. The van der Waals surface area contributed by atoms with Crippen LogP contribution >= 0.6 is 0 Å². The second-order valence-corrected chi connectivity index (χ2v) is 5.56. The molecule has 2 rings (SSSR count). The van der Waals surface area contributed by atoms with Crippen molar-refractivity contribution >= 4 is 11.6 Å². The number of hydrogen-bond acceptors (Lipinski definition) is 2. The lowest BCUT2D eigenvalue weighted by molar-refractivity contribution is -0.137. The van der Waals surface area contributed by atoms with E-state index in [1.807, 2.05) is 26.0 Å². The second-order valence-electron chi connectivity index (χ2n) is 5.56. The number of amides is 1. The summed E-state index contributed by atoms with van der Waals surface area (Å²) in [6.07, 6.45) is -5.48. The van der Waals surface area contributed by atoms with E-state index in [1.54, 1.807) is 6.07 Å². The largest absolute Gasteiger partial charge is 0.481 e. The Morgan fingerprint density at radius 3 is 2.42 bits per heavy atom. The van der Waals surface area contributed by atoms with Gasteiger partial charge in [0.05, 0.1) is 11.3 Å². The van der Waals surface area contributed by atoms with Crippen LogP contribution in [-0.4, -0.2) is 12.0 Å². The molecule has 0 aromatic heterocycles. The maximum atomic E-state index is 13.0. The van der Waals surface area contributed by atoms with Crippen molar-refractivity contribution in [3.63, 3.8) is 0 Å². The van der Waals surface area contributed by atoms with Gasteiger partial charge in [-0.05, 0) is 44.5 Å². The number of carbonyl (C=O) groups is 1. The number of hydrogen-bond donors (Lipinski definition) is 1. The quantitative estimate of drug-likeness (QED) is 0.876. The third-order valence-corrected chi connectivity index (χ3v) is 3.49. The highest BCUT2D eigenvalue weighted by molar-refractivity contribution is 5.94. The predicted molar refractivity (Wildman–Crippen MR) is 86.1 cm³/mol. The standard InChI is InChI=1S/C18H18F3NO2/c1-11-8-9-16(12(2)10-11)24-13(3)17(23)22-15-7-5-4-6-14(15)18(19,20)21/h4-10,13H,1-3H3,(H,22,23). The molecule has 1 unspecified atom stereocenters. The van der Waals surface area contributed by atoms with Crippen LogP contribution in [0.2, 0.25) is 0 Å². The summed E-state index contributed by atoms with van der Waals surface area (Å²) >= 11 is 0. The number of ether oxygens (including phenoxy) is 1. The zero-order valence-electron chi connectivity index (χ0n) is 13.6. The Labute approximate surface area is 138 Å². The molecule has 2 aromatic rings. The summed E-state index contributed by atoms with van der Waals surface area (Å²) in [7, 11) is 0. The molecule has 128 valence electrons. The van der Waals surface area contributed by atoms with Gasteiger partial charge in [-0.25, -0.2) is 0 Å². The van der Waals surface area contributed by atoms with Crippen molar-refractivity contribution in [2.24, 2.45) is 0 Å². The minimum Gasteiger partial charge on any atom is -0.481 e. The molecule has 0 spiro atoms. The van der Waals surface area contributed by atoms with Gasteiger partial charge in [-0.1, -0.05) is 29.8 Å². The van der Waals surface area contributed by atoms with E-state index in [0.717, 1.165) is 17.2 Å². The first kappa shape index (κ1) is 17.8. The first-order valence-corrected chi connectivity index (χ1v) is 7.39. The molecule has 0 aliphatic rings. The molecule has 0 aliphatic carbocycles. The Balaban J connectivity index is 2.13. The van der Waals surface area contributed by atoms with Gasteiger partial charge in [-0.2, -0.15) is 13.2 Å². The van der Waals surface area contributed by atoms with E-state index in [2.05, 4.69) is 5.32 Å². The van der Waals surface area contributed by atoms with E-state index in [-0.39, 0.29) is 5.69 Å². The van der Waals surface area contributed by atoms with Gasteiger partial charge in [0.25, 0.3) is 5.91 Å². The highest BCUT2D eigenvalue weighted by atomic mass is 19.4. The number of halogens is 3. The van der Waals surface area contributed by atoms with Crippen LogP contribution in [0.4, 0.5) is 18.9 Å². The molecule has 24 heavy (non-hydrogen) atoms. The number of rotatable bonds is 4. The fraction of sp³-hybridized carbons (Fsp3) is 0.278. The fourth-order valence-corrected chi connectivity index (χ4v) is 2.25. The Kier molecular flexibility index (Phi) is 5.17. The van der Waals surface area contributed by atoms with Crippen LogP contribution in [0.5, 0.6) is 5.75 Å². The summed E-state index contributed by atoms with van der Waals surface area (Å²) in [5.41, 5.74) is 0.726. The Morgan fingerprint density at radius 2 is 1.79 bits per heavy atom. The minimum atomic E-state index is -4.54. The molecule has 0 radical (unpaired) electrons. The Morgan fingerprint density at radius 1 is 1.12 bits per heavy atom. The number of para-hydroxylation sites is 1. The third-order valence-electron chi connectivity index (χ3n) is 3.49. The zero-order chi connectivity index (χ0) is 17.9. The van der Waals surface area contributed by atoms with Gasteiger partial charge in [-0.15, -0.1) is 0 Å². The van der Waals surface area contributed by atoms with Crippen molar-refractivity contribution in [3.05, 3.63) is 59.2 Å². The molecule has 0 bridgehead atoms. The lowest BCUT2D eigenvalue weighted by atomic mass is 10.1. The first-order valence-electron chi connectivity index (χ1n) is 7.39. The van der Waals surface area contributed by atoms with Crippen molar-refractivity contribution in [2.45, 2.75) is 33.1 Å². The van der Waals surface area contributed by atoms with Gasteiger partial charge >= 0.3 is 6.18 Å². The molecular weight excluding hydrogens is 319 g/mol. The van der Waals surface area contributed by atoms with Gasteiger partial charge in [0.1, 0.15) is 5.75 Å². The lowest BCUT2D eigenvalue weighted by Crippen LogP contribution is -2.31. The molecule has 1 N–H and O–H groups in total. The zero-order valence-corrected chi connectivity index (χ0v) is 13.6. The summed E-state index contributed by atoms with van der Waals surface area (Å²) < 4.78 is 44.4. The monoisotopic (exact) mass is 337 g/mol. The van der Waals surface area contributed by atoms with E-state index in [4.69, 9.17) is 4.74 Å². The Hall–Kier alpha value is -2.50. The van der Waals surface area contributed by atoms with Crippen LogP contribution in [0, 0.1) is 13.8 Å². The van der Waals surface area contributed by atoms with E-state index in [1.165, 1.54) is 25.1 Å². The maximum absolute atomic E-state index is 13.0. The van der Waals surface area contributed by atoms with Crippen LogP contribution in [0.3, 0.4) is 0 Å². The lowest BCUT2D eigenvalue weighted by Gasteiger charge is -2.18. The van der Waals surface area contributed by atoms with Crippen LogP contribution in [0.25, 0.3) is 0 Å². The van der Waals surface area contributed by atoms with E-state index in [9.17, 15) is 18.0 Å². The number of nitrogens with one attached hydrogen (secondary N) is 1. The van der Waals surface area contributed by atoms with E-state index in [0.29, 0.717) is 5.75 Å². The van der Waals surface area contributed by atoms with Crippen molar-refractivity contribution in [3.8, 4) is 5.75 Å². The molecular formula is C18H18F3NO2. The van der Waals surface area contributed by atoms with Gasteiger partial charge in [0.2, 0.25) is 0 Å². The molecule has 0 saturated heterocycles. The molecule has 0 saturated carbocycles. The molecule has 0 aliphatic heterocycles. The topological polar surface area (TPSA) is 38.3 Å². The molecule has 0 fully saturated rings. The van der Waals surface area contributed by atoms with Crippen molar-refractivity contribution < 1.29 is 22.7 Å². The third kappa shape index (κ3) is 4.28. The van der Waals surface area contributed by atoms with E-state index < -0.39 is 23.8 Å². The van der Waals surface area contributed by atoms with Gasteiger partial charge in [0, 0.05) is 0 Å². The number of carbonyl (C=O) groups excluding carboxylic acids is 1. The highest BCUT2D eigenvalue weighted by Crippen LogP contribution is 2.34. The minimum absolute atomic E-state index is 0.286. The SMILES string of the molecule is Cc1ccc(OC(C)C(=O)Nc2ccccc2C(F)(F)F)c(C)c1. The normalized spacial score (nSPS) is 12.6. The molecule has 0 heterocycles. The molecule has 6 heteroatoms.